The maximum Gasteiger partial charge on any atom is 0.419 e. The van der Waals surface area contributed by atoms with Crippen LogP contribution in [-0.4, -0.2) is 13.1 Å². The lowest BCUT2D eigenvalue weighted by molar-refractivity contribution is -0.138. The lowest BCUT2D eigenvalue weighted by atomic mass is 10.1. The minimum Gasteiger partial charge on any atom is -0.496 e. The summed E-state index contributed by atoms with van der Waals surface area (Å²) in [6, 6.07) is 3.13. The molecule has 0 aliphatic rings. The van der Waals surface area contributed by atoms with Crippen molar-refractivity contribution < 1.29 is 17.9 Å². The van der Waals surface area contributed by atoms with E-state index >= 15 is 0 Å². The van der Waals surface area contributed by atoms with Crippen LogP contribution in [-0.2, 0) is 6.18 Å². The number of nitrogens with zero attached hydrogens (tertiary/aromatic N) is 1. The molecule has 0 aliphatic heterocycles. The maximum absolute atomic E-state index is 12.5. The van der Waals surface area contributed by atoms with E-state index in [0.29, 0.717) is 0 Å². The van der Waals surface area contributed by atoms with Crippen molar-refractivity contribution in [2.24, 2.45) is 16.5 Å². The fourth-order valence-corrected chi connectivity index (χ4v) is 1.13. The van der Waals surface area contributed by atoms with Crippen LogP contribution in [0.15, 0.2) is 23.2 Å². The van der Waals surface area contributed by atoms with Gasteiger partial charge in [-0.25, -0.2) is 4.99 Å². The normalized spacial score (nSPS) is 11.0. The van der Waals surface area contributed by atoms with Crippen LogP contribution >= 0.6 is 0 Å². The molecule has 16 heavy (non-hydrogen) atoms. The molecule has 0 unspecified atom stereocenters. The summed E-state index contributed by atoms with van der Waals surface area (Å²) in [5.41, 5.74) is 9.54. The van der Waals surface area contributed by atoms with Crippen LogP contribution in [0.2, 0.25) is 0 Å². The highest BCUT2D eigenvalue weighted by Crippen LogP contribution is 2.37. The molecule has 0 fully saturated rings. The maximum atomic E-state index is 12.5. The Morgan fingerprint density at radius 3 is 2.38 bits per heavy atom. The van der Waals surface area contributed by atoms with Crippen LogP contribution < -0.4 is 16.2 Å². The molecule has 4 N–H and O–H groups in total. The van der Waals surface area contributed by atoms with Gasteiger partial charge < -0.3 is 16.2 Å². The summed E-state index contributed by atoms with van der Waals surface area (Å²) in [7, 11) is 1.14. The molecule has 0 saturated heterocycles. The molecule has 0 amide bonds. The van der Waals surface area contributed by atoms with Gasteiger partial charge in [-0.3, -0.25) is 0 Å². The molecule has 0 saturated carbocycles. The molecule has 88 valence electrons. The van der Waals surface area contributed by atoms with Crippen molar-refractivity contribution in [1.29, 1.82) is 0 Å². The Morgan fingerprint density at radius 1 is 1.31 bits per heavy atom. The topological polar surface area (TPSA) is 73.6 Å². The van der Waals surface area contributed by atoms with Crippen molar-refractivity contribution in [2.75, 3.05) is 7.11 Å². The molecule has 0 aliphatic carbocycles. The number of methoxy groups -OCH3 is 1. The minimum absolute atomic E-state index is 0.199. The second-order valence-corrected chi connectivity index (χ2v) is 2.92. The Labute approximate surface area is 89.7 Å². The first-order valence-electron chi connectivity index (χ1n) is 4.19. The van der Waals surface area contributed by atoms with Gasteiger partial charge >= 0.3 is 6.18 Å². The van der Waals surface area contributed by atoms with E-state index < -0.39 is 11.7 Å². The lowest BCUT2D eigenvalue weighted by Gasteiger charge is -2.11. The quantitative estimate of drug-likeness (QED) is 0.602. The number of aliphatic imine (C=N–C) groups is 1. The van der Waals surface area contributed by atoms with E-state index in [9.17, 15) is 13.2 Å². The number of hydrogen-bond acceptors (Lipinski definition) is 2. The van der Waals surface area contributed by atoms with Crippen molar-refractivity contribution >= 4 is 11.6 Å². The molecule has 0 bridgehead atoms. The molecular formula is C9H10F3N3O. The predicted octanol–water partition coefficient (Wildman–Crippen LogP) is 1.62. The summed E-state index contributed by atoms with van der Waals surface area (Å²) in [4.78, 5) is 3.62. The van der Waals surface area contributed by atoms with E-state index in [1.165, 1.54) is 0 Å². The van der Waals surface area contributed by atoms with Gasteiger partial charge in [-0.2, -0.15) is 13.2 Å². The Morgan fingerprint density at radius 2 is 1.94 bits per heavy atom. The summed E-state index contributed by atoms with van der Waals surface area (Å²) < 4.78 is 42.0. The average molecular weight is 233 g/mol. The van der Waals surface area contributed by atoms with Crippen LogP contribution in [0.5, 0.6) is 5.75 Å². The monoisotopic (exact) mass is 233 g/mol. The highest BCUT2D eigenvalue weighted by molar-refractivity contribution is 5.79. The highest BCUT2D eigenvalue weighted by Gasteiger charge is 2.34. The predicted molar refractivity (Wildman–Crippen MR) is 53.5 cm³/mol. The van der Waals surface area contributed by atoms with E-state index in [2.05, 4.69) is 9.73 Å². The van der Waals surface area contributed by atoms with Gasteiger partial charge in [-0.15, -0.1) is 0 Å². The molecule has 1 aromatic rings. The van der Waals surface area contributed by atoms with E-state index in [1.54, 1.807) is 0 Å². The van der Waals surface area contributed by atoms with Gasteiger partial charge in [0.1, 0.15) is 5.75 Å². The van der Waals surface area contributed by atoms with Crippen LogP contribution in [0.25, 0.3) is 0 Å². The van der Waals surface area contributed by atoms with E-state index in [4.69, 9.17) is 11.5 Å². The minimum atomic E-state index is -4.47. The second kappa shape index (κ2) is 4.30. The van der Waals surface area contributed by atoms with Gasteiger partial charge in [0.05, 0.1) is 18.4 Å². The summed E-state index contributed by atoms with van der Waals surface area (Å²) in [5.74, 6) is -0.559. The number of rotatable bonds is 2. The van der Waals surface area contributed by atoms with E-state index in [1.807, 2.05) is 0 Å². The Bertz CT molecular complexity index is 411. The molecule has 0 radical (unpaired) electrons. The number of benzene rings is 1. The molecule has 7 heteroatoms. The molecule has 4 nitrogen and oxygen atoms in total. The van der Waals surface area contributed by atoms with Crippen molar-refractivity contribution in [3.63, 3.8) is 0 Å². The molecule has 1 rings (SSSR count). The Kier molecular flexibility index (Phi) is 3.26. The standard InChI is InChI=1S/C9H10F3N3O/c1-16-7-4-5(15-8(13)14)2-3-6(7)9(10,11)12/h2-4H,1H3,(H4,13,14,15). The highest BCUT2D eigenvalue weighted by atomic mass is 19.4. The fraction of sp³-hybridized carbons (Fsp3) is 0.222. The summed E-state index contributed by atoms with van der Waals surface area (Å²) >= 11 is 0. The van der Waals surface area contributed by atoms with Crippen LogP contribution in [0.4, 0.5) is 18.9 Å². The van der Waals surface area contributed by atoms with Crippen molar-refractivity contribution in [3.8, 4) is 5.75 Å². The molecule has 1 aromatic carbocycles. The fourth-order valence-electron chi connectivity index (χ4n) is 1.13. The number of hydrogen-bond donors (Lipinski definition) is 2. The summed E-state index contributed by atoms with van der Waals surface area (Å²) in [6.07, 6.45) is -4.47. The SMILES string of the molecule is COc1cc(N=C(N)N)ccc1C(F)(F)F. The number of ether oxygens (including phenoxy) is 1. The molecule has 0 atom stereocenters. The molecular weight excluding hydrogens is 223 g/mol. The van der Waals surface area contributed by atoms with Gasteiger partial charge in [0.2, 0.25) is 0 Å². The zero-order valence-electron chi connectivity index (χ0n) is 8.38. The van der Waals surface area contributed by atoms with E-state index in [-0.39, 0.29) is 17.4 Å². The first-order valence-corrected chi connectivity index (χ1v) is 4.19. The van der Waals surface area contributed by atoms with Crippen molar-refractivity contribution in [1.82, 2.24) is 0 Å². The molecule has 0 spiro atoms. The van der Waals surface area contributed by atoms with E-state index in [0.717, 1.165) is 25.3 Å². The zero-order valence-corrected chi connectivity index (χ0v) is 8.38. The van der Waals surface area contributed by atoms with Gasteiger partial charge in [0.15, 0.2) is 5.96 Å². The van der Waals surface area contributed by atoms with Crippen molar-refractivity contribution in [2.45, 2.75) is 6.18 Å². The largest absolute Gasteiger partial charge is 0.496 e. The van der Waals surface area contributed by atoms with Gasteiger partial charge in [-0.05, 0) is 12.1 Å². The van der Waals surface area contributed by atoms with Crippen LogP contribution in [0.3, 0.4) is 0 Å². The first kappa shape index (κ1) is 12.2. The Balaban J connectivity index is 3.22. The molecule has 0 heterocycles. The third-order valence-electron chi connectivity index (χ3n) is 1.75. The second-order valence-electron chi connectivity index (χ2n) is 2.92. The summed E-state index contributed by atoms with van der Waals surface area (Å²) in [5, 5.41) is 0. The number of nitrogens with two attached hydrogens (primary N) is 2. The molecule has 0 aromatic heterocycles. The van der Waals surface area contributed by atoms with Gasteiger partial charge in [0.25, 0.3) is 0 Å². The number of alkyl halides is 3. The smallest absolute Gasteiger partial charge is 0.419 e. The third-order valence-corrected chi connectivity index (χ3v) is 1.75. The zero-order chi connectivity index (χ0) is 12.3. The van der Waals surface area contributed by atoms with Crippen LogP contribution in [0.1, 0.15) is 5.56 Å². The lowest BCUT2D eigenvalue weighted by Crippen LogP contribution is -2.21. The number of halogens is 3. The van der Waals surface area contributed by atoms with Gasteiger partial charge in [0, 0.05) is 6.07 Å². The third kappa shape index (κ3) is 2.78. The average Bonchev–Trinajstić information content (AvgIpc) is 2.14. The first-order chi connectivity index (χ1) is 7.34. The Hall–Kier alpha value is -1.92. The number of guanidine groups is 1. The van der Waals surface area contributed by atoms with Crippen LogP contribution in [0, 0.1) is 0 Å². The van der Waals surface area contributed by atoms with Crippen molar-refractivity contribution in [3.05, 3.63) is 23.8 Å². The summed E-state index contributed by atoms with van der Waals surface area (Å²) in [6.45, 7) is 0. The van der Waals surface area contributed by atoms with Gasteiger partial charge in [-0.1, -0.05) is 0 Å².